The second kappa shape index (κ2) is 12.9. The van der Waals surface area contributed by atoms with Crippen LogP contribution < -0.4 is 16.0 Å². The standard InChI is InChI=1S/C32H33FN4O2/c1-34-30-18-24(14-17-31(39)35-25-10-7-11-25)29(33)19-27(30)28(21-38)32(23-8-5-4-6-9-23)36-26-15-12-22(13-16-26)20-37(2)3/h4-6,8-9,12-13,15-16,18-19,21,25,34,36H,7,10-11,20H2,1-3H3,(H,35,39)/b32-28+. The van der Waals surface area contributed by atoms with E-state index in [2.05, 4.69) is 32.7 Å². The minimum Gasteiger partial charge on any atom is -0.388 e. The highest BCUT2D eigenvalue weighted by Gasteiger charge is 2.19. The van der Waals surface area contributed by atoms with E-state index in [0.717, 1.165) is 48.9 Å². The maximum atomic E-state index is 15.3. The maximum absolute atomic E-state index is 15.3. The van der Waals surface area contributed by atoms with Gasteiger partial charge in [-0.3, -0.25) is 9.59 Å². The highest BCUT2D eigenvalue weighted by atomic mass is 19.1. The van der Waals surface area contributed by atoms with Gasteiger partial charge in [0, 0.05) is 48.1 Å². The lowest BCUT2D eigenvalue weighted by Crippen LogP contribution is -2.38. The minimum atomic E-state index is -0.618. The van der Waals surface area contributed by atoms with E-state index in [1.54, 1.807) is 7.05 Å². The molecule has 0 atom stereocenters. The number of aldehydes is 1. The Bertz CT molecular complexity index is 1420. The largest absolute Gasteiger partial charge is 0.388 e. The predicted molar refractivity (Wildman–Crippen MR) is 155 cm³/mol. The van der Waals surface area contributed by atoms with Crippen molar-refractivity contribution in [3.05, 3.63) is 94.8 Å². The molecule has 0 unspecified atom stereocenters. The van der Waals surface area contributed by atoms with Crippen LogP contribution in [0.1, 0.15) is 41.5 Å². The molecule has 200 valence electrons. The van der Waals surface area contributed by atoms with Gasteiger partial charge in [-0.15, -0.1) is 0 Å². The van der Waals surface area contributed by atoms with Crippen molar-refractivity contribution in [1.29, 1.82) is 0 Å². The number of benzene rings is 3. The molecule has 1 aliphatic rings. The first kappa shape index (κ1) is 27.6. The lowest BCUT2D eigenvalue weighted by molar-refractivity contribution is -0.116. The summed E-state index contributed by atoms with van der Waals surface area (Å²) in [4.78, 5) is 26.8. The fourth-order valence-corrected chi connectivity index (χ4v) is 4.36. The summed E-state index contributed by atoms with van der Waals surface area (Å²) in [6, 6.07) is 20.4. The van der Waals surface area contributed by atoms with Gasteiger partial charge in [-0.25, -0.2) is 4.39 Å². The predicted octanol–water partition coefficient (Wildman–Crippen LogP) is 5.13. The van der Waals surface area contributed by atoms with Crippen molar-refractivity contribution in [3.63, 3.8) is 0 Å². The van der Waals surface area contributed by atoms with E-state index in [0.29, 0.717) is 16.9 Å². The second-order valence-corrected chi connectivity index (χ2v) is 9.81. The zero-order valence-corrected chi connectivity index (χ0v) is 22.5. The summed E-state index contributed by atoms with van der Waals surface area (Å²) in [5, 5.41) is 9.26. The summed E-state index contributed by atoms with van der Waals surface area (Å²) >= 11 is 0. The Hall–Kier alpha value is -4.41. The van der Waals surface area contributed by atoms with Gasteiger partial charge in [-0.05, 0) is 68.8 Å². The number of anilines is 2. The van der Waals surface area contributed by atoms with Gasteiger partial charge >= 0.3 is 0 Å². The number of carbonyl (C=O) groups is 2. The van der Waals surface area contributed by atoms with Crippen LogP contribution in [0.5, 0.6) is 0 Å². The van der Waals surface area contributed by atoms with Crippen LogP contribution in [0.2, 0.25) is 0 Å². The Morgan fingerprint density at radius 2 is 1.79 bits per heavy atom. The van der Waals surface area contributed by atoms with E-state index in [1.807, 2.05) is 68.7 Å². The van der Waals surface area contributed by atoms with Gasteiger partial charge in [0.25, 0.3) is 5.91 Å². The van der Waals surface area contributed by atoms with Crippen LogP contribution in [0.3, 0.4) is 0 Å². The van der Waals surface area contributed by atoms with Gasteiger partial charge < -0.3 is 20.9 Å². The fraction of sp³-hybridized carbons (Fsp3) is 0.250. The van der Waals surface area contributed by atoms with Gasteiger partial charge in [-0.2, -0.15) is 0 Å². The molecule has 1 saturated carbocycles. The monoisotopic (exact) mass is 524 g/mol. The van der Waals surface area contributed by atoms with E-state index in [9.17, 15) is 9.59 Å². The highest BCUT2D eigenvalue weighted by Crippen LogP contribution is 2.32. The molecule has 0 bridgehead atoms. The summed E-state index contributed by atoms with van der Waals surface area (Å²) in [6.07, 6.45) is 3.70. The molecular formula is C32H33FN4O2. The minimum absolute atomic E-state index is 0.0720. The van der Waals surface area contributed by atoms with Crippen molar-refractivity contribution < 1.29 is 14.0 Å². The number of halogens is 1. The van der Waals surface area contributed by atoms with Gasteiger partial charge in [0.05, 0.1) is 11.3 Å². The molecule has 3 N–H and O–H groups in total. The zero-order valence-electron chi connectivity index (χ0n) is 22.5. The smallest absolute Gasteiger partial charge is 0.296 e. The van der Waals surface area contributed by atoms with Gasteiger partial charge in [-0.1, -0.05) is 48.4 Å². The number of allylic oxidation sites excluding steroid dienone is 1. The molecule has 3 aromatic rings. The van der Waals surface area contributed by atoms with Crippen molar-refractivity contribution in [2.45, 2.75) is 31.8 Å². The quantitative estimate of drug-likeness (QED) is 0.157. The van der Waals surface area contributed by atoms with Gasteiger partial charge in [0.15, 0.2) is 6.29 Å². The number of carbonyl (C=O) groups excluding carboxylic acids is 2. The third-order valence-electron chi connectivity index (χ3n) is 6.59. The first-order valence-corrected chi connectivity index (χ1v) is 13.0. The number of amides is 1. The van der Waals surface area contributed by atoms with E-state index in [-0.39, 0.29) is 17.2 Å². The molecule has 0 spiro atoms. The molecule has 0 aromatic heterocycles. The fourth-order valence-electron chi connectivity index (χ4n) is 4.36. The summed E-state index contributed by atoms with van der Waals surface area (Å²) in [6.45, 7) is 0.809. The van der Waals surface area contributed by atoms with Gasteiger partial charge in [0.2, 0.25) is 0 Å². The molecule has 0 radical (unpaired) electrons. The van der Waals surface area contributed by atoms with E-state index < -0.39 is 11.7 Å². The Labute approximate surface area is 229 Å². The van der Waals surface area contributed by atoms with Crippen LogP contribution in [0.4, 0.5) is 15.8 Å². The van der Waals surface area contributed by atoms with Crippen LogP contribution in [0, 0.1) is 17.7 Å². The van der Waals surface area contributed by atoms with Gasteiger partial charge in [0.1, 0.15) is 5.82 Å². The molecule has 1 amide bonds. The van der Waals surface area contributed by atoms with Crippen molar-refractivity contribution in [3.8, 4) is 11.8 Å². The molecular weight excluding hydrogens is 491 g/mol. The van der Waals surface area contributed by atoms with E-state index >= 15 is 4.39 Å². The van der Waals surface area contributed by atoms with Crippen LogP contribution in [-0.2, 0) is 16.1 Å². The van der Waals surface area contributed by atoms with Crippen molar-refractivity contribution in [2.75, 3.05) is 31.8 Å². The molecule has 0 heterocycles. The Kier molecular flexibility index (Phi) is 9.14. The third kappa shape index (κ3) is 7.13. The van der Waals surface area contributed by atoms with Crippen LogP contribution >= 0.6 is 0 Å². The zero-order chi connectivity index (χ0) is 27.8. The molecule has 1 aliphatic carbocycles. The van der Waals surface area contributed by atoms with Crippen molar-refractivity contribution in [1.82, 2.24) is 10.2 Å². The summed E-state index contributed by atoms with van der Waals surface area (Å²) in [5.74, 6) is 4.09. The van der Waals surface area contributed by atoms with E-state index in [1.165, 1.54) is 12.1 Å². The second-order valence-electron chi connectivity index (χ2n) is 9.81. The normalized spacial score (nSPS) is 13.5. The van der Waals surface area contributed by atoms with Crippen LogP contribution in [0.15, 0.2) is 66.7 Å². The third-order valence-corrected chi connectivity index (χ3v) is 6.59. The lowest BCUT2D eigenvalue weighted by Gasteiger charge is -2.25. The lowest BCUT2D eigenvalue weighted by atomic mass is 9.93. The summed E-state index contributed by atoms with van der Waals surface area (Å²) in [5.41, 5.74) is 4.51. The average Bonchev–Trinajstić information content (AvgIpc) is 2.91. The first-order valence-electron chi connectivity index (χ1n) is 13.0. The number of nitrogens with one attached hydrogen (secondary N) is 3. The Morgan fingerprint density at radius 3 is 2.38 bits per heavy atom. The molecule has 1 fully saturated rings. The molecule has 4 rings (SSSR count). The molecule has 39 heavy (non-hydrogen) atoms. The number of rotatable bonds is 9. The molecule has 0 aliphatic heterocycles. The van der Waals surface area contributed by atoms with Crippen LogP contribution in [-0.4, -0.2) is 44.3 Å². The molecule has 0 saturated heterocycles. The van der Waals surface area contributed by atoms with Crippen molar-refractivity contribution >= 4 is 34.8 Å². The molecule has 7 heteroatoms. The number of hydrogen-bond acceptors (Lipinski definition) is 5. The van der Waals surface area contributed by atoms with Crippen molar-refractivity contribution in [2.24, 2.45) is 0 Å². The van der Waals surface area contributed by atoms with E-state index in [4.69, 9.17) is 0 Å². The highest BCUT2D eigenvalue weighted by molar-refractivity contribution is 6.20. The summed E-state index contributed by atoms with van der Waals surface area (Å²) < 4.78 is 15.3. The topological polar surface area (TPSA) is 73.5 Å². The average molecular weight is 525 g/mol. The number of hydrogen-bond donors (Lipinski definition) is 3. The maximum Gasteiger partial charge on any atom is 0.296 e. The summed E-state index contributed by atoms with van der Waals surface area (Å²) in [7, 11) is 5.72. The molecule has 6 nitrogen and oxygen atoms in total. The Balaban J connectivity index is 1.73. The first-order chi connectivity index (χ1) is 18.9. The Morgan fingerprint density at radius 1 is 1.08 bits per heavy atom. The molecule has 3 aromatic carbocycles. The SMILES string of the molecule is CNc1cc(C#CC(=O)NC2CCC2)c(F)cc1/C(C=O)=C(/Nc1ccc(CN(C)C)cc1)c1ccccc1. The van der Waals surface area contributed by atoms with Crippen LogP contribution in [0.25, 0.3) is 11.3 Å². The number of nitrogens with zero attached hydrogens (tertiary/aromatic N) is 1.